The third-order valence-electron chi connectivity index (χ3n) is 2.25. The third-order valence-corrected chi connectivity index (χ3v) is 2.25. The highest BCUT2D eigenvalue weighted by Crippen LogP contribution is 2.22. The fourth-order valence-corrected chi connectivity index (χ4v) is 1.60. The van der Waals surface area contributed by atoms with E-state index in [1.165, 1.54) is 0 Å². The fraction of sp³-hybridized carbons (Fsp3) is 0.300. The highest BCUT2D eigenvalue weighted by molar-refractivity contribution is 5.47. The van der Waals surface area contributed by atoms with Crippen LogP contribution in [0.3, 0.4) is 0 Å². The lowest BCUT2D eigenvalue weighted by Gasteiger charge is -2.02. The summed E-state index contributed by atoms with van der Waals surface area (Å²) in [6.07, 6.45) is 1.63. The summed E-state index contributed by atoms with van der Waals surface area (Å²) in [5.41, 5.74) is 1.90. The minimum Gasteiger partial charge on any atom is -0.345 e. The number of rotatable bonds is 1. The molecule has 1 aliphatic rings. The molecule has 1 aliphatic heterocycles. The minimum atomic E-state index is -0.283. The van der Waals surface area contributed by atoms with Crippen molar-refractivity contribution in [2.24, 2.45) is 0 Å². The van der Waals surface area contributed by atoms with Crippen LogP contribution in [-0.2, 0) is 9.47 Å². The SMILES string of the molecule is c1ccn2nc(C3OCCO3)cc2c1. The van der Waals surface area contributed by atoms with E-state index in [2.05, 4.69) is 5.10 Å². The van der Waals surface area contributed by atoms with E-state index in [0.29, 0.717) is 13.2 Å². The summed E-state index contributed by atoms with van der Waals surface area (Å²) in [7, 11) is 0. The summed E-state index contributed by atoms with van der Waals surface area (Å²) in [5.74, 6) is 0. The fourth-order valence-electron chi connectivity index (χ4n) is 1.60. The smallest absolute Gasteiger partial charge is 0.203 e. The van der Waals surface area contributed by atoms with Gasteiger partial charge in [0.25, 0.3) is 0 Å². The molecule has 14 heavy (non-hydrogen) atoms. The van der Waals surface area contributed by atoms with Crippen molar-refractivity contribution in [3.63, 3.8) is 0 Å². The van der Waals surface area contributed by atoms with Crippen LogP contribution in [0, 0.1) is 0 Å². The van der Waals surface area contributed by atoms with E-state index in [1.54, 1.807) is 0 Å². The summed E-state index contributed by atoms with van der Waals surface area (Å²) < 4.78 is 12.6. The molecule has 0 spiro atoms. The topological polar surface area (TPSA) is 35.8 Å². The Labute approximate surface area is 81.1 Å². The molecule has 0 atom stereocenters. The number of fused-ring (bicyclic) bond motifs is 1. The second-order valence-corrected chi connectivity index (χ2v) is 3.21. The number of ether oxygens (including phenoxy) is 2. The molecule has 72 valence electrons. The second kappa shape index (κ2) is 3.08. The number of hydrogen-bond donors (Lipinski definition) is 0. The predicted octanol–water partition coefficient (Wildman–Crippen LogP) is 1.38. The van der Waals surface area contributed by atoms with E-state index in [4.69, 9.17) is 9.47 Å². The van der Waals surface area contributed by atoms with Crippen LogP contribution >= 0.6 is 0 Å². The molecule has 2 aromatic heterocycles. The van der Waals surface area contributed by atoms with Crippen molar-refractivity contribution < 1.29 is 9.47 Å². The van der Waals surface area contributed by atoms with Gasteiger partial charge in [-0.1, -0.05) is 6.07 Å². The summed E-state index contributed by atoms with van der Waals surface area (Å²) in [5, 5.41) is 4.36. The van der Waals surface area contributed by atoms with Crippen molar-refractivity contribution in [2.45, 2.75) is 6.29 Å². The van der Waals surface area contributed by atoms with Crippen molar-refractivity contribution in [3.8, 4) is 0 Å². The molecule has 0 aliphatic carbocycles. The molecular weight excluding hydrogens is 180 g/mol. The number of hydrogen-bond acceptors (Lipinski definition) is 3. The first-order valence-corrected chi connectivity index (χ1v) is 4.61. The van der Waals surface area contributed by atoms with E-state index in [9.17, 15) is 0 Å². The van der Waals surface area contributed by atoms with Crippen molar-refractivity contribution in [3.05, 3.63) is 36.2 Å². The zero-order valence-electron chi connectivity index (χ0n) is 7.59. The van der Waals surface area contributed by atoms with Gasteiger partial charge in [0, 0.05) is 6.20 Å². The van der Waals surface area contributed by atoms with Crippen LogP contribution in [0.5, 0.6) is 0 Å². The quantitative estimate of drug-likeness (QED) is 0.681. The van der Waals surface area contributed by atoms with E-state index in [-0.39, 0.29) is 6.29 Å². The highest BCUT2D eigenvalue weighted by Gasteiger charge is 2.20. The van der Waals surface area contributed by atoms with E-state index in [1.807, 2.05) is 35.0 Å². The lowest BCUT2D eigenvalue weighted by atomic mass is 10.3. The molecule has 0 amide bonds. The molecule has 0 aromatic carbocycles. The van der Waals surface area contributed by atoms with Crippen LogP contribution in [-0.4, -0.2) is 22.8 Å². The number of aromatic nitrogens is 2. The van der Waals surface area contributed by atoms with Crippen molar-refractivity contribution in [2.75, 3.05) is 13.2 Å². The maximum absolute atomic E-state index is 5.37. The van der Waals surface area contributed by atoms with Gasteiger partial charge in [0.15, 0.2) is 0 Å². The van der Waals surface area contributed by atoms with Crippen LogP contribution in [0.2, 0.25) is 0 Å². The van der Waals surface area contributed by atoms with Crippen LogP contribution in [0.4, 0.5) is 0 Å². The largest absolute Gasteiger partial charge is 0.345 e. The lowest BCUT2D eigenvalue weighted by molar-refractivity contribution is -0.0474. The second-order valence-electron chi connectivity index (χ2n) is 3.21. The van der Waals surface area contributed by atoms with Crippen LogP contribution in [0.15, 0.2) is 30.5 Å². The molecule has 4 heteroatoms. The molecule has 1 fully saturated rings. The molecule has 2 aromatic rings. The molecule has 1 saturated heterocycles. The Hall–Kier alpha value is -1.39. The molecule has 0 radical (unpaired) electrons. The zero-order chi connectivity index (χ0) is 9.38. The van der Waals surface area contributed by atoms with Crippen molar-refractivity contribution in [1.82, 2.24) is 9.61 Å². The Kier molecular flexibility index (Phi) is 1.75. The van der Waals surface area contributed by atoms with Crippen molar-refractivity contribution >= 4 is 5.52 Å². The average molecular weight is 190 g/mol. The number of nitrogens with zero attached hydrogens (tertiary/aromatic N) is 2. The van der Waals surface area contributed by atoms with Gasteiger partial charge in [-0.3, -0.25) is 0 Å². The average Bonchev–Trinajstić information content (AvgIpc) is 2.86. The van der Waals surface area contributed by atoms with E-state index in [0.717, 1.165) is 11.2 Å². The minimum absolute atomic E-state index is 0.283. The van der Waals surface area contributed by atoms with Gasteiger partial charge < -0.3 is 9.47 Å². The first-order valence-electron chi connectivity index (χ1n) is 4.61. The van der Waals surface area contributed by atoms with Gasteiger partial charge in [-0.15, -0.1) is 0 Å². The van der Waals surface area contributed by atoms with Gasteiger partial charge in [-0.2, -0.15) is 5.10 Å². The Morgan fingerprint density at radius 2 is 2.14 bits per heavy atom. The van der Waals surface area contributed by atoms with Gasteiger partial charge in [-0.05, 0) is 18.2 Å². The maximum Gasteiger partial charge on any atom is 0.203 e. The first kappa shape index (κ1) is 7.96. The standard InChI is InChI=1S/C10H10N2O2/c1-2-4-12-8(3-1)7-9(11-12)10-13-5-6-14-10/h1-4,7,10H,5-6H2. The molecule has 3 rings (SSSR count). The summed E-state index contributed by atoms with van der Waals surface area (Å²) in [6.45, 7) is 1.30. The Morgan fingerprint density at radius 1 is 1.29 bits per heavy atom. The van der Waals surface area contributed by atoms with Gasteiger partial charge in [0.2, 0.25) is 6.29 Å². The molecule has 0 saturated carbocycles. The molecule has 0 N–H and O–H groups in total. The van der Waals surface area contributed by atoms with Crippen LogP contribution < -0.4 is 0 Å². The highest BCUT2D eigenvalue weighted by atomic mass is 16.7. The summed E-state index contributed by atoms with van der Waals surface area (Å²) >= 11 is 0. The van der Waals surface area contributed by atoms with Crippen LogP contribution in [0.25, 0.3) is 5.52 Å². The summed E-state index contributed by atoms with van der Waals surface area (Å²) in [4.78, 5) is 0. The maximum atomic E-state index is 5.37. The zero-order valence-corrected chi connectivity index (χ0v) is 7.59. The third kappa shape index (κ3) is 1.20. The summed E-state index contributed by atoms with van der Waals surface area (Å²) in [6, 6.07) is 7.92. The molecule has 3 heterocycles. The van der Waals surface area contributed by atoms with E-state index < -0.39 is 0 Å². The van der Waals surface area contributed by atoms with Crippen LogP contribution in [0.1, 0.15) is 12.0 Å². The van der Waals surface area contributed by atoms with Gasteiger partial charge >= 0.3 is 0 Å². The normalized spacial score (nSPS) is 18.0. The van der Waals surface area contributed by atoms with E-state index >= 15 is 0 Å². The molecular formula is C10H10N2O2. The first-order chi connectivity index (χ1) is 6.93. The van der Waals surface area contributed by atoms with Gasteiger partial charge in [0.05, 0.1) is 18.7 Å². The Balaban J connectivity index is 2.05. The Bertz CT molecular complexity index is 413. The van der Waals surface area contributed by atoms with Gasteiger partial charge in [0.1, 0.15) is 5.69 Å². The number of pyridine rings is 1. The predicted molar refractivity (Wildman–Crippen MR) is 49.8 cm³/mol. The Morgan fingerprint density at radius 3 is 2.93 bits per heavy atom. The molecule has 0 unspecified atom stereocenters. The monoisotopic (exact) mass is 190 g/mol. The molecule has 4 nitrogen and oxygen atoms in total. The van der Waals surface area contributed by atoms with Gasteiger partial charge in [-0.25, -0.2) is 4.52 Å². The lowest BCUT2D eigenvalue weighted by Crippen LogP contribution is -1.98. The van der Waals surface area contributed by atoms with Crippen molar-refractivity contribution in [1.29, 1.82) is 0 Å². The molecule has 0 bridgehead atoms.